The smallest absolute Gasteiger partial charge is 0.435 e. The van der Waals surface area contributed by atoms with E-state index in [2.05, 4.69) is 25.4 Å². The number of aryl methyl sites for hydroxylation is 1. The van der Waals surface area contributed by atoms with Crippen molar-refractivity contribution in [1.82, 2.24) is 24.7 Å². The van der Waals surface area contributed by atoms with Gasteiger partial charge in [0, 0.05) is 60.2 Å². The van der Waals surface area contributed by atoms with Gasteiger partial charge >= 0.3 is 6.18 Å². The van der Waals surface area contributed by atoms with Crippen LogP contribution in [0.1, 0.15) is 27.4 Å². The van der Waals surface area contributed by atoms with E-state index >= 15 is 0 Å². The molecule has 1 aromatic carbocycles. The number of alkyl halides is 3. The Labute approximate surface area is 220 Å². The molecule has 0 aliphatic rings. The maximum absolute atomic E-state index is 13.5. The zero-order valence-electron chi connectivity index (χ0n) is 21.3. The van der Waals surface area contributed by atoms with E-state index in [9.17, 15) is 18.0 Å². The average Bonchev–Trinajstić information content (AvgIpc) is 3.30. The molecule has 1 amide bonds. The van der Waals surface area contributed by atoms with Crippen LogP contribution in [0.5, 0.6) is 11.5 Å². The highest BCUT2D eigenvalue weighted by Gasteiger charge is 2.35. The number of primary amides is 1. The van der Waals surface area contributed by atoms with Gasteiger partial charge in [0.2, 0.25) is 5.95 Å². The van der Waals surface area contributed by atoms with Crippen LogP contribution in [0.15, 0.2) is 42.7 Å². The van der Waals surface area contributed by atoms with Crippen LogP contribution in [0, 0.1) is 6.92 Å². The summed E-state index contributed by atoms with van der Waals surface area (Å²) in [4.78, 5) is 25.2. The lowest BCUT2D eigenvalue weighted by Crippen LogP contribution is -2.16. The van der Waals surface area contributed by atoms with Gasteiger partial charge < -0.3 is 25.3 Å². The Morgan fingerprint density at radius 3 is 2.28 bits per heavy atom. The van der Waals surface area contributed by atoms with Crippen molar-refractivity contribution in [1.29, 1.82) is 0 Å². The first-order valence-electron chi connectivity index (χ1n) is 11.3. The summed E-state index contributed by atoms with van der Waals surface area (Å²) < 4.78 is 57.1. The molecule has 0 bridgehead atoms. The second-order valence-electron chi connectivity index (χ2n) is 8.25. The Morgan fingerprint density at radius 1 is 1.03 bits per heavy atom. The number of hydrogen-bond donors (Lipinski definition) is 2. The van der Waals surface area contributed by atoms with Gasteiger partial charge in [-0.2, -0.15) is 23.3 Å². The SMILES string of the molecule is COCc1ncc(-c2cnc(Nc3cc(OC)cc(OC)c3)nc2-n2nc(C(F)(F)F)cc2C)cc1C(N)=O. The van der Waals surface area contributed by atoms with E-state index in [4.69, 9.17) is 19.9 Å². The van der Waals surface area contributed by atoms with E-state index in [-0.39, 0.29) is 35.2 Å². The highest BCUT2D eigenvalue weighted by atomic mass is 19.4. The number of anilines is 2. The summed E-state index contributed by atoms with van der Waals surface area (Å²) in [6.07, 6.45) is -1.87. The minimum atomic E-state index is -4.68. The van der Waals surface area contributed by atoms with E-state index in [0.717, 1.165) is 10.7 Å². The zero-order chi connectivity index (χ0) is 28.3. The topological polar surface area (TPSA) is 139 Å². The Kier molecular flexibility index (Phi) is 7.67. The molecule has 0 saturated carbocycles. The molecular weight excluding hydrogens is 519 g/mol. The minimum Gasteiger partial charge on any atom is -0.497 e. The predicted molar refractivity (Wildman–Crippen MR) is 134 cm³/mol. The molecule has 0 radical (unpaired) electrons. The van der Waals surface area contributed by atoms with E-state index < -0.39 is 17.8 Å². The first-order valence-corrected chi connectivity index (χ1v) is 11.3. The van der Waals surface area contributed by atoms with Crippen LogP contribution >= 0.6 is 0 Å². The highest BCUT2D eigenvalue weighted by molar-refractivity contribution is 5.95. The second-order valence-corrected chi connectivity index (χ2v) is 8.25. The second kappa shape index (κ2) is 10.9. The normalized spacial score (nSPS) is 11.4. The number of nitrogens with one attached hydrogen (secondary N) is 1. The van der Waals surface area contributed by atoms with Gasteiger partial charge in [0.25, 0.3) is 5.91 Å². The molecule has 0 saturated heterocycles. The van der Waals surface area contributed by atoms with Gasteiger partial charge in [0.1, 0.15) is 11.5 Å². The number of rotatable bonds is 9. The van der Waals surface area contributed by atoms with Crippen LogP contribution < -0.4 is 20.5 Å². The lowest BCUT2D eigenvalue weighted by Gasteiger charge is -2.15. The standard InChI is InChI=1S/C25H24F3N7O4/c1-13-5-21(25(26,27)28)34-35(13)23-19(14-6-18(22(29)36)20(12-37-2)30-10-14)11-31-24(33-23)32-15-7-16(38-3)9-17(8-15)39-4/h5-11H,12H2,1-4H3,(H2,29,36)(H,31,32,33). The molecule has 4 rings (SSSR count). The molecule has 0 fully saturated rings. The van der Waals surface area contributed by atoms with Crippen molar-refractivity contribution in [2.75, 3.05) is 26.6 Å². The van der Waals surface area contributed by atoms with Crippen LogP contribution in [-0.2, 0) is 17.5 Å². The number of amides is 1. The van der Waals surface area contributed by atoms with Crippen LogP contribution in [0.2, 0.25) is 0 Å². The van der Waals surface area contributed by atoms with Crippen molar-refractivity contribution >= 4 is 17.5 Å². The van der Waals surface area contributed by atoms with Crippen molar-refractivity contribution in [3.05, 3.63) is 65.4 Å². The highest BCUT2D eigenvalue weighted by Crippen LogP contribution is 2.33. The van der Waals surface area contributed by atoms with Crippen molar-refractivity contribution in [2.24, 2.45) is 5.73 Å². The van der Waals surface area contributed by atoms with Crippen molar-refractivity contribution < 1.29 is 32.2 Å². The fourth-order valence-corrected chi connectivity index (χ4v) is 3.74. The number of carbonyl (C=O) groups is 1. The van der Waals surface area contributed by atoms with E-state index in [0.29, 0.717) is 28.4 Å². The van der Waals surface area contributed by atoms with Gasteiger partial charge in [-0.25, -0.2) is 9.67 Å². The molecule has 3 heterocycles. The number of benzene rings is 1. The van der Waals surface area contributed by atoms with Crippen molar-refractivity contribution in [2.45, 2.75) is 19.7 Å². The maximum Gasteiger partial charge on any atom is 0.435 e. The number of nitrogens with two attached hydrogens (primary N) is 1. The van der Waals surface area contributed by atoms with E-state index in [1.165, 1.54) is 46.7 Å². The van der Waals surface area contributed by atoms with Crippen LogP contribution in [0.4, 0.5) is 24.8 Å². The molecule has 11 nitrogen and oxygen atoms in total. The Balaban J connectivity index is 1.88. The Bertz CT molecular complexity index is 1500. The number of nitrogens with zero attached hydrogens (tertiary/aromatic N) is 5. The summed E-state index contributed by atoms with van der Waals surface area (Å²) in [5.41, 5.74) is 6.07. The fraction of sp³-hybridized carbons (Fsp3) is 0.240. The number of pyridine rings is 1. The lowest BCUT2D eigenvalue weighted by molar-refractivity contribution is -0.141. The molecule has 39 heavy (non-hydrogen) atoms. The van der Waals surface area contributed by atoms with Gasteiger partial charge in [-0.1, -0.05) is 0 Å². The van der Waals surface area contributed by atoms with Crippen LogP contribution in [-0.4, -0.2) is 52.0 Å². The summed E-state index contributed by atoms with van der Waals surface area (Å²) in [6.45, 7) is 1.49. The number of aromatic nitrogens is 5. The first kappa shape index (κ1) is 27.3. The molecule has 0 spiro atoms. The molecule has 0 aliphatic carbocycles. The molecule has 4 aromatic rings. The van der Waals surface area contributed by atoms with Crippen molar-refractivity contribution in [3.63, 3.8) is 0 Å². The van der Waals surface area contributed by atoms with E-state index in [1.807, 2.05) is 0 Å². The predicted octanol–water partition coefficient (Wildman–Crippen LogP) is 4.06. The third kappa shape index (κ3) is 5.90. The van der Waals surface area contributed by atoms with Gasteiger partial charge in [-0.15, -0.1) is 0 Å². The maximum atomic E-state index is 13.5. The molecule has 204 valence electrons. The average molecular weight is 544 g/mol. The minimum absolute atomic E-state index is 0.00655. The summed E-state index contributed by atoms with van der Waals surface area (Å²) in [5, 5.41) is 6.75. The number of methoxy groups -OCH3 is 3. The number of hydrogen-bond acceptors (Lipinski definition) is 9. The summed E-state index contributed by atoms with van der Waals surface area (Å²) in [7, 11) is 4.43. The summed E-state index contributed by atoms with van der Waals surface area (Å²) in [5.74, 6) is 0.290. The number of halogens is 3. The number of ether oxygens (including phenoxy) is 3. The molecule has 14 heteroatoms. The fourth-order valence-electron chi connectivity index (χ4n) is 3.74. The lowest BCUT2D eigenvalue weighted by atomic mass is 10.1. The quantitative estimate of drug-likeness (QED) is 0.320. The molecule has 3 aromatic heterocycles. The van der Waals surface area contributed by atoms with Crippen LogP contribution in [0.3, 0.4) is 0 Å². The molecular formula is C25H24F3N7O4. The monoisotopic (exact) mass is 543 g/mol. The molecule has 0 atom stereocenters. The van der Waals surface area contributed by atoms with Gasteiger partial charge in [0.05, 0.1) is 32.1 Å². The zero-order valence-corrected chi connectivity index (χ0v) is 21.3. The van der Waals surface area contributed by atoms with Gasteiger partial charge in [0.15, 0.2) is 11.5 Å². The summed E-state index contributed by atoms with van der Waals surface area (Å²) >= 11 is 0. The largest absolute Gasteiger partial charge is 0.497 e. The van der Waals surface area contributed by atoms with Gasteiger partial charge in [-0.05, 0) is 19.1 Å². The van der Waals surface area contributed by atoms with Gasteiger partial charge in [-0.3, -0.25) is 9.78 Å². The number of carbonyl (C=O) groups excluding carboxylic acids is 1. The molecule has 0 aliphatic heterocycles. The van der Waals surface area contributed by atoms with Crippen LogP contribution in [0.25, 0.3) is 16.9 Å². The van der Waals surface area contributed by atoms with E-state index in [1.54, 1.807) is 18.2 Å². The third-order valence-corrected chi connectivity index (χ3v) is 5.58. The summed E-state index contributed by atoms with van der Waals surface area (Å²) in [6, 6.07) is 7.36. The first-order chi connectivity index (χ1) is 18.5. The third-order valence-electron chi connectivity index (χ3n) is 5.58. The molecule has 3 N–H and O–H groups in total. The Hall–Kier alpha value is -4.72. The molecule has 0 unspecified atom stereocenters. The van der Waals surface area contributed by atoms with Crippen molar-refractivity contribution in [3.8, 4) is 28.4 Å². The Morgan fingerprint density at radius 2 is 1.72 bits per heavy atom.